The lowest BCUT2D eigenvalue weighted by molar-refractivity contribution is 0.660. The van der Waals surface area contributed by atoms with Crippen LogP contribution in [0.15, 0.2) is 231 Å². The van der Waals surface area contributed by atoms with Crippen LogP contribution >= 0.6 is 0 Å². The maximum Gasteiger partial charge on any atom is 0.0577 e. The third-order valence-electron chi connectivity index (χ3n) is 13.0. The maximum atomic E-state index is 4.78. The maximum absolute atomic E-state index is 4.78. The molecule has 1 heteroatoms. The van der Waals surface area contributed by atoms with Crippen molar-refractivity contribution in [2.24, 2.45) is 0 Å². The first-order chi connectivity index (χ1) is 29.9. The summed E-state index contributed by atoms with van der Waals surface area (Å²) in [5.41, 5.74) is 15.4. The van der Waals surface area contributed by atoms with Crippen LogP contribution < -0.4 is 4.90 Å². The Labute approximate surface area is 360 Å². The Kier molecular flexibility index (Phi) is 9.61. The van der Waals surface area contributed by atoms with Crippen molar-refractivity contribution in [3.63, 3.8) is 0 Å². The molecule has 2 aliphatic carbocycles. The quantitative estimate of drug-likeness (QED) is 0.0547. The molecule has 1 nitrogen and oxygen atoms in total. The second kappa shape index (κ2) is 15.4. The van der Waals surface area contributed by atoms with Crippen molar-refractivity contribution in [3.8, 4) is 22.3 Å². The Morgan fingerprint density at radius 1 is 0.557 bits per heavy atom. The number of hydrogen-bond donors (Lipinski definition) is 0. The summed E-state index contributed by atoms with van der Waals surface area (Å²) in [6.07, 6.45) is 15.4. The van der Waals surface area contributed by atoms with Crippen molar-refractivity contribution in [2.45, 2.75) is 37.5 Å². The van der Waals surface area contributed by atoms with Crippen LogP contribution in [0.3, 0.4) is 0 Å². The highest BCUT2D eigenvalue weighted by molar-refractivity contribution is 6.08. The standard InChI is InChI=1S/C60H49N/c1-5-6-7-17-38-60(48-19-9-8-10-20-48)41-47(52-22-13-16-25-57(52)60)27-26-42(2)61(50-36-32-45-29-28-44-18-11-12-21-51(44)55(45)40-50)49-34-30-43(31-35-49)46-33-37-54-53-23-14-15-24-56(53)59(3,4)58(54)39-46/h5,8-41H,1-2,6-7H2,3-4H3/b27-26-,38-17+. The summed E-state index contributed by atoms with van der Waals surface area (Å²) in [7, 11) is 0. The molecule has 0 radical (unpaired) electrons. The summed E-state index contributed by atoms with van der Waals surface area (Å²) in [5.74, 6) is 0. The number of fused-ring (bicyclic) bond motifs is 7. The van der Waals surface area contributed by atoms with Crippen LogP contribution in [0.1, 0.15) is 54.5 Å². The van der Waals surface area contributed by atoms with Crippen molar-refractivity contribution in [1.82, 2.24) is 0 Å². The molecule has 8 aromatic carbocycles. The van der Waals surface area contributed by atoms with Gasteiger partial charge in [0.2, 0.25) is 0 Å². The van der Waals surface area contributed by atoms with E-state index in [1.54, 1.807) is 0 Å². The largest absolute Gasteiger partial charge is 0.311 e. The van der Waals surface area contributed by atoms with Crippen LogP contribution in [0, 0.1) is 0 Å². The molecule has 10 rings (SSSR count). The molecule has 0 spiro atoms. The van der Waals surface area contributed by atoms with Crippen LogP contribution in [0.2, 0.25) is 0 Å². The molecule has 0 fully saturated rings. The molecule has 0 aromatic heterocycles. The Morgan fingerprint density at radius 2 is 1.20 bits per heavy atom. The van der Waals surface area contributed by atoms with Gasteiger partial charge in [0.15, 0.2) is 0 Å². The first-order valence-corrected chi connectivity index (χ1v) is 21.5. The SMILES string of the molecule is C=CCC/C=C/C1(c2ccccc2)C=C(/C=C\C(=C)N(c2ccc(-c3ccc4c(c3)C(C)(C)c3ccccc3-4)cc2)c2ccc3ccc4ccccc4c3c2)c2ccccc21. The molecular weight excluding hydrogens is 735 g/mol. The van der Waals surface area contributed by atoms with Crippen LogP contribution in [-0.2, 0) is 10.8 Å². The molecule has 0 heterocycles. The zero-order valence-electron chi connectivity index (χ0n) is 35.0. The molecule has 1 atom stereocenters. The van der Waals surface area contributed by atoms with E-state index < -0.39 is 0 Å². The van der Waals surface area contributed by atoms with E-state index in [0.29, 0.717) is 0 Å². The number of hydrogen-bond acceptors (Lipinski definition) is 1. The predicted molar refractivity (Wildman–Crippen MR) is 262 cm³/mol. The summed E-state index contributed by atoms with van der Waals surface area (Å²) in [4.78, 5) is 2.30. The van der Waals surface area contributed by atoms with Crippen molar-refractivity contribution in [1.29, 1.82) is 0 Å². The fourth-order valence-electron chi connectivity index (χ4n) is 9.86. The molecule has 294 valence electrons. The molecule has 0 saturated carbocycles. The normalized spacial score (nSPS) is 16.1. The van der Waals surface area contributed by atoms with E-state index in [9.17, 15) is 0 Å². The van der Waals surface area contributed by atoms with Gasteiger partial charge in [0.05, 0.1) is 5.41 Å². The predicted octanol–water partition coefficient (Wildman–Crippen LogP) is 16.1. The second-order valence-corrected chi connectivity index (χ2v) is 17.0. The lowest BCUT2D eigenvalue weighted by Gasteiger charge is -2.26. The van der Waals surface area contributed by atoms with Crippen LogP contribution in [-0.4, -0.2) is 0 Å². The van der Waals surface area contributed by atoms with Crippen molar-refractivity contribution in [2.75, 3.05) is 4.90 Å². The monoisotopic (exact) mass is 783 g/mol. The summed E-state index contributed by atoms with van der Waals surface area (Å²) < 4.78 is 0. The van der Waals surface area contributed by atoms with E-state index in [1.807, 2.05) is 6.08 Å². The second-order valence-electron chi connectivity index (χ2n) is 17.0. The number of benzene rings is 8. The number of allylic oxidation sites excluding steroid dienone is 7. The minimum absolute atomic E-state index is 0.0547. The topological polar surface area (TPSA) is 3.24 Å². The third kappa shape index (κ3) is 6.58. The number of unbranched alkanes of at least 4 members (excludes halogenated alkanes) is 1. The highest BCUT2D eigenvalue weighted by atomic mass is 15.1. The molecule has 0 aliphatic heterocycles. The van der Waals surface area contributed by atoms with E-state index >= 15 is 0 Å². The summed E-state index contributed by atoms with van der Waals surface area (Å²) in [6, 6.07) is 64.4. The van der Waals surface area contributed by atoms with Crippen molar-refractivity contribution < 1.29 is 0 Å². The molecule has 0 saturated heterocycles. The Hall–Kier alpha value is -7.22. The molecule has 0 N–H and O–H groups in total. The summed E-state index contributed by atoms with van der Waals surface area (Å²) in [5, 5.41) is 4.91. The Balaban J connectivity index is 1.05. The van der Waals surface area contributed by atoms with Crippen LogP contribution in [0.4, 0.5) is 11.4 Å². The first-order valence-electron chi connectivity index (χ1n) is 21.5. The van der Waals surface area contributed by atoms with Gasteiger partial charge in [0.1, 0.15) is 0 Å². The summed E-state index contributed by atoms with van der Waals surface area (Å²) in [6.45, 7) is 13.4. The van der Waals surface area contributed by atoms with Gasteiger partial charge in [-0.1, -0.05) is 196 Å². The van der Waals surface area contributed by atoms with Crippen LogP contribution in [0.25, 0.3) is 49.4 Å². The highest BCUT2D eigenvalue weighted by Gasteiger charge is 2.37. The van der Waals surface area contributed by atoms with E-state index in [1.165, 1.54) is 77.2 Å². The van der Waals surface area contributed by atoms with Gasteiger partial charge in [0.25, 0.3) is 0 Å². The smallest absolute Gasteiger partial charge is 0.0577 e. The van der Waals surface area contributed by atoms with Gasteiger partial charge in [-0.3, -0.25) is 0 Å². The number of nitrogens with zero attached hydrogens (tertiary/aromatic N) is 1. The van der Waals surface area contributed by atoms with Gasteiger partial charge >= 0.3 is 0 Å². The Morgan fingerprint density at radius 3 is 2.00 bits per heavy atom. The molecule has 8 aromatic rings. The van der Waals surface area contributed by atoms with Crippen molar-refractivity contribution in [3.05, 3.63) is 259 Å². The lowest BCUT2D eigenvalue weighted by atomic mass is 9.76. The number of rotatable bonds is 11. The van der Waals surface area contributed by atoms with Gasteiger partial charge in [-0.2, -0.15) is 0 Å². The van der Waals surface area contributed by atoms with E-state index in [-0.39, 0.29) is 10.8 Å². The average Bonchev–Trinajstić information content (AvgIpc) is 3.75. The fraction of sp³-hybridized carbons (Fsp3) is 0.100. The van der Waals surface area contributed by atoms with E-state index in [2.05, 4.69) is 232 Å². The van der Waals surface area contributed by atoms with E-state index in [4.69, 9.17) is 6.58 Å². The van der Waals surface area contributed by atoms with Crippen LogP contribution in [0.5, 0.6) is 0 Å². The van der Waals surface area contributed by atoms with Gasteiger partial charge in [-0.05, 0) is 126 Å². The fourth-order valence-corrected chi connectivity index (χ4v) is 9.86. The molecule has 0 amide bonds. The molecular formula is C60H49N. The average molecular weight is 784 g/mol. The van der Waals surface area contributed by atoms with Gasteiger partial charge in [-0.25, -0.2) is 0 Å². The van der Waals surface area contributed by atoms with E-state index in [0.717, 1.165) is 29.9 Å². The number of anilines is 2. The van der Waals surface area contributed by atoms with Crippen molar-refractivity contribution >= 4 is 38.5 Å². The van der Waals surface area contributed by atoms with Gasteiger partial charge < -0.3 is 4.90 Å². The Bertz CT molecular complexity index is 3080. The third-order valence-corrected chi connectivity index (χ3v) is 13.0. The molecule has 2 aliphatic rings. The van der Waals surface area contributed by atoms with Gasteiger partial charge in [-0.15, -0.1) is 6.58 Å². The zero-order chi connectivity index (χ0) is 41.6. The summed E-state index contributed by atoms with van der Waals surface area (Å²) >= 11 is 0. The molecule has 1 unspecified atom stereocenters. The minimum atomic E-state index is -0.384. The minimum Gasteiger partial charge on any atom is -0.311 e. The highest BCUT2D eigenvalue weighted by Crippen LogP contribution is 2.50. The lowest BCUT2D eigenvalue weighted by Crippen LogP contribution is -2.20. The first kappa shape index (κ1) is 38.0. The van der Waals surface area contributed by atoms with Gasteiger partial charge in [0, 0.05) is 22.5 Å². The molecule has 0 bridgehead atoms. The zero-order valence-corrected chi connectivity index (χ0v) is 35.0. The molecule has 61 heavy (non-hydrogen) atoms.